The summed E-state index contributed by atoms with van der Waals surface area (Å²) < 4.78 is 5.45. The minimum absolute atomic E-state index is 0.284. The molecular formula is C12H17NO4. The van der Waals surface area contributed by atoms with Crippen molar-refractivity contribution in [1.29, 1.82) is 0 Å². The highest BCUT2D eigenvalue weighted by Gasteiger charge is 2.36. The van der Waals surface area contributed by atoms with Gasteiger partial charge < -0.3 is 25.4 Å². The van der Waals surface area contributed by atoms with Crippen LogP contribution in [0.4, 0.5) is 5.69 Å². The lowest BCUT2D eigenvalue weighted by Gasteiger charge is -2.36. The number of aliphatic hydroxyl groups is 3. The molecule has 1 heterocycles. The lowest BCUT2D eigenvalue weighted by Crippen LogP contribution is -2.51. The van der Waals surface area contributed by atoms with Gasteiger partial charge in [0.1, 0.15) is 18.4 Å². The molecule has 0 spiro atoms. The molecule has 94 valence electrons. The molecule has 1 aromatic rings. The van der Waals surface area contributed by atoms with Crippen molar-refractivity contribution in [2.24, 2.45) is 0 Å². The fourth-order valence-corrected chi connectivity index (χ4v) is 1.92. The summed E-state index contributed by atoms with van der Waals surface area (Å²) in [7, 11) is 0. The largest absolute Gasteiger partial charge is 0.394 e. The fourth-order valence-electron chi connectivity index (χ4n) is 1.92. The molecule has 1 aliphatic heterocycles. The maximum Gasteiger partial charge on any atom is 0.130 e. The molecule has 5 nitrogen and oxygen atoms in total. The molecule has 0 aliphatic carbocycles. The van der Waals surface area contributed by atoms with Crippen LogP contribution in [-0.4, -0.2) is 46.5 Å². The second-order valence-corrected chi connectivity index (χ2v) is 4.15. The smallest absolute Gasteiger partial charge is 0.130 e. The summed E-state index contributed by atoms with van der Waals surface area (Å²) in [5, 5.41) is 31.3. The molecule has 1 aromatic carbocycles. The quantitative estimate of drug-likeness (QED) is 0.593. The van der Waals surface area contributed by atoms with E-state index in [0.717, 1.165) is 5.69 Å². The zero-order valence-corrected chi connectivity index (χ0v) is 9.36. The van der Waals surface area contributed by atoms with Gasteiger partial charge in [0, 0.05) is 12.1 Å². The van der Waals surface area contributed by atoms with Crippen LogP contribution in [0.5, 0.6) is 0 Å². The van der Waals surface area contributed by atoms with Gasteiger partial charge in [-0.1, -0.05) is 18.2 Å². The number of anilines is 1. The highest BCUT2D eigenvalue weighted by molar-refractivity contribution is 5.43. The van der Waals surface area contributed by atoms with Crippen molar-refractivity contribution in [3.8, 4) is 0 Å². The molecule has 4 atom stereocenters. The van der Waals surface area contributed by atoms with Crippen LogP contribution >= 0.6 is 0 Å². The highest BCUT2D eigenvalue weighted by Crippen LogP contribution is 2.21. The Morgan fingerprint density at radius 1 is 1.24 bits per heavy atom. The van der Waals surface area contributed by atoms with Crippen LogP contribution in [0.3, 0.4) is 0 Å². The van der Waals surface area contributed by atoms with Gasteiger partial charge >= 0.3 is 0 Å². The Morgan fingerprint density at radius 3 is 2.59 bits per heavy atom. The Kier molecular flexibility index (Phi) is 3.96. The lowest BCUT2D eigenvalue weighted by molar-refractivity contribution is -0.172. The van der Waals surface area contributed by atoms with Gasteiger partial charge in [0.25, 0.3) is 0 Å². The Bertz CT molecular complexity index is 346. The lowest BCUT2D eigenvalue weighted by atomic mass is 10.0. The average molecular weight is 239 g/mol. The normalized spacial score (nSPS) is 33.4. The number of hydrogen-bond donors (Lipinski definition) is 4. The molecule has 4 unspecified atom stereocenters. The first-order valence-electron chi connectivity index (χ1n) is 5.64. The third kappa shape index (κ3) is 2.95. The number of ether oxygens (including phenoxy) is 1. The molecule has 1 aliphatic rings. The molecule has 4 N–H and O–H groups in total. The predicted molar refractivity (Wildman–Crippen MR) is 62.4 cm³/mol. The monoisotopic (exact) mass is 239 g/mol. The van der Waals surface area contributed by atoms with E-state index < -0.39 is 24.5 Å². The van der Waals surface area contributed by atoms with Crippen LogP contribution in [0.15, 0.2) is 30.3 Å². The van der Waals surface area contributed by atoms with Crippen molar-refractivity contribution in [1.82, 2.24) is 0 Å². The fraction of sp³-hybridized carbons (Fsp3) is 0.500. The van der Waals surface area contributed by atoms with E-state index in [1.165, 1.54) is 0 Å². The second kappa shape index (κ2) is 5.46. The third-order valence-electron chi connectivity index (χ3n) is 2.85. The minimum atomic E-state index is -1.03. The second-order valence-electron chi connectivity index (χ2n) is 4.15. The summed E-state index contributed by atoms with van der Waals surface area (Å²) in [6.07, 6.45) is -2.80. The average Bonchev–Trinajstić information content (AvgIpc) is 2.35. The number of benzene rings is 1. The highest BCUT2D eigenvalue weighted by atomic mass is 16.5. The van der Waals surface area contributed by atoms with E-state index in [0.29, 0.717) is 0 Å². The molecule has 0 radical (unpaired) electrons. The van der Waals surface area contributed by atoms with Crippen molar-refractivity contribution in [3.63, 3.8) is 0 Å². The maximum atomic E-state index is 9.65. The van der Waals surface area contributed by atoms with E-state index in [1.807, 2.05) is 30.3 Å². The summed E-state index contributed by atoms with van der Waals surface area (Å²) in [4.78, 5) is 0. The maximum absolute atomic E-state index is 9.65. The number of rotatable bonds is 3. The minimum Gasteiger partial charge on any atom is -0.394 e. The van der Waals surface area contributed by atoms with E-state index in [-0.39, 0.29) is 13.0 Å². The first kappa shape index (κ1) is 12.3. The van der Waals surface area contributed by atoms with Crippen LogP contribution in [0.1, 0.15) is 6.42 Å². The van der Waals surface area contributed by atoms with Gasteiger partial charge in [-0.25, -0.2) is 0 Å². The summed E-state index contributed by atoms with van der Waals surface area (Å²) in [5.74, 6) is 0. The zero-order chi connectivity index (χ0) is 12.3. The SMILES string of the molecule is OCC1OC(Nc2ccccc2)CC(O)C1O. The number of para-hydroxylation sites is 1. The zero-order valence-electron chi connectivity index (χ0n) is 9.36. The van der Waals surface area contributed by atoms with Gasteiger partial charge in [-0.2, -0.15) is 0 Å². The molecular weight excluding hydrogens is 222 g/mol. The molecule has 1 saturated heterocycles. The molecule has 2 rings (SSSR count). The van der Waals surface area contributed by atoms with Crippen LogP contribution in [-0.2, 0) is 4.74 Å². The standard InChI is InChI=1S/C12H17NO4/c14-7-10-12(16)9(15)6-11(17-10)13-8-4-2-1-3-5-8/h1-5,9-16H,6-7H2. The first-order valence-corrected chi connectivity index (χ1v) is 5.64. The Morgan fingerprint density at radius 2 is 1.94 bits per heavy atom. The molecule has 0 bridgehead atoms. The van der Waals surface area contributed by atoms with E-state index in [2.05, 4.69) is 5.32 Å². The Hall–Kier alpha value is -1.14. The van der Waals surface area contributed by atoms with Crippen LogP contribution in [0.25, 0.3) is 0 Å². The summed E-state index contributed by atoms with van der Waals surface area (Å²) in [5.41, 5.74) is 0.873. The van der Waals surface area contributed by atoms with Crippen LogP contribution in [0.2, 0.25) is 0 Å². The Balaban J connectivity index is 1.98. The number of aliphatic hydroxyl groups excluding tert-OH is 3. The Labute approximate surface area is 99.7 Å². The van der Waals surface area contributed by atoms with E-state index in [9.17, 15) is 10.2 Å². The predicted octanol–water partition coefficient (Wildman–Crippen LogP) is -0.0724. The first-order chi connectivity index (χ1) is 8.20. The van der Waals surface area contributed by atoms with Gasteiger partial charge in [0.05, 0.1) is 12.7 Å². The van der Waals surface area contributed by atoms with Gasteiger partial charge in [0.15, 0.2) is 0 Å². The van der Waals surface area contributed by atoms with E-state index >= 15 is 0 Å². The molecule has 17 heavy (non-hydrogen) atoms. The van der Waals surface area contributed by atoms with Crippen LogP contribution in [0, 0.1) is 0 Å². The summed E-state index contributed by atoms with van der Waals surface area (Å²) in [6.45, 7) is -0.314. The van der Waals surface area contributed by atoms with Crippen molar-refractivity contribution >= 4 is 5.69 Å². The third-order valence-corrected chi connectivity index (χ3v) is 2.85. The molecule has 5 heteroatoms. The van der Waals surface area contributed by atoms with Gasteiger partial charge in [0.2, 0.25) is 0 Å². The van der Waals surface area contributed by atoms with E-state index in [1.54, 1.807) is 0 Å². The molecule has 1 fully saturated rings. The van der Waals surface area contributed by atoms with Crippen molar-refractivity contribution in [2.75, 3.05) is 11.9 Å². The van der Waals surface area contributed by atoms with Crippen molar-refractivity contribution in [2.45, 2.75) is 31.0 Å². The van der Waals surface area contributed by atoms with Gasteiger partial charge in [-0.3, -0.25) is 0 Å². The van der Waals surface area contributed by atoms with Crippen molar-refractivity contribution < 1.29 is 20.1 Å². The van der Waals surface area contributed by atoms with Gasteiger partial charge in [-0.05, 0) is 12.1 Å². The molecule has 0 saturated carbocycles. The van der Waals surface area contributed by atoms with Crippen molar-refractivity contribution in [3.05, 3.63) is 30.3 Å². The molecule has 0 amide bonds. The number of hydrogen-bond acceptors (Lipinski definition) is 5. The number of nitrogens with one attached hydrogen (secondary N) is 1. The summed E-state index contributed by atoms with van der Waals surface area (Å²) >= 11 is 0. The van der Waals surface area contributed by atoms with Gasteiger partial charge in [-0.15, -0.1) is 0 Å². The molecule has 0 aromatic heterocycles. The summed E-state index contributed by atoms with van der Waals surface area (Å²) in [6, 6.07) is 9.45. The van der Waals surface area contributed by atoms with E-state index in [4.69, 9.17) is 9.84 Å². The van der Waals surface area contributed by atoms with Crippen LogP contribution < -0.4 is 5.32 Å². The topological polar surface area (TPSA) is 82.0 Å².